The molecule has 0 bridgehead atoms. The van der Waals surface area contributed by atoms with Crippen LogP contribution in [0.4, 0.5) is 5.13 Å². The number of carbonyl (C=O) groups is 1. The summed E-state index contributed by atoms with van der Waals surface area (Å²) in [5.41, 5.74) is 6.99. The second-order valence-electron chi connectivity index (χ2n) is 4.49. The van der Waals surface area contributed by atoms with E-state index in [2.05, 4.69) is 10.3 Å². The highest BCUT2D eigenvalue weighted by atomic mass is 32.1. The van der Waals surface area contributed by atoms with Gasteiger partial charge in [-0.15, -0.1) is 11.3 Å². The minimum atomic E-state index is -1.09. The van der Waals surface area contributed by atoms with Crippen LogP contribution in [0.1, 0.15) is 17.3 Å². The van der Waals surface area contributed by atoms with Gasteiger partial charge < -0.3 is 20.9 Å². The van der Waals surface area contributed by atoms with Gasteiger partial charge in [-0.05, 0) is 24.6 Å². The molecule has 1 aromatic heterocycles. The Kier molecular flexibility index (Phi) is 5.13. The van der Waals surface area contributed by atoms with Gasteiger partial charge in [0.25, 0.3) is 0 Å². The average molecular weight is 307 g/mol. The number of thiazole rings is 1. The first kappa shape index (κ1) is 15.3. The lowest BCUT2D eigenvalue weighted by Gasteiger charge is -2.07. The van der Waals surface area contributed by atoms with Crippen molar-refractivity contribution >= 4 is 22.4 Å². The molecule has 112 valence electrons. The highest BCUT2D eigenvalue weighted by Crippen LogP contribution is 2.19. The molecular formula is C14H17N3O3S. The number of carboxylic acids is 1. The first-order valence-electron chi connectivity index (χ1n) is 6.43. The molecule has 2 aromatic rings. The molecule has 2 rings (SSSR count). The van der Waals surface area contributed by atoms with Crippen LogP contribution in [0.3, 0.4) is 0 Å². The topological polar surface area (TPSA) is 97.5 Å². The van der Waals surface area contributed by atoms with E-state index in [1.807, 2.05) is 31.2 Å². The number of rotatable bonds is 7. The number of hydrogen-bond donors (Lipinski definition) is 3. The van der Waals surface area contributed by atoms with Crippen LogP contribution in [-0.2, 0) is 4.79 Å². The molecule has 0 saturated heterocycles. The normalized spacial score (nSPS) is 11.9. The Labute approximate surface area is 126 Å². The molecule has 7 heteroatoms. The highest BCUT2D eigenvalue weighted by molar-refractivity contribution is 7.13. The number of carboxylic acid groups (broad SMARTS) is 1. The van der Waals surface area contributed by atoms with E-state index >= 15 is 0 Å². The van der Waals surface area contributed by atoms with Gasteiger partial charge in [-0.25, -0.2) is 4.98 Å². The van der Waals surface area contributed by atoms with Crippen molar-refractivity contribution in [3.63, 3.8) is 0 Å². The van der Waals surface area contributed by atoms with Crippen LogP contribution >= 0.6 is 11.3 Å². The number of anilines is 1. The molecule has 0 saturated carbocycles. The summed E-state index contributed by atoms with van der Waals surface area (Å²) in [7, 11) is 0. The molecule has 21 heavy (non-hydrogen) atoms. The number of benzene rings is 1. The fourth-order valence-electron chi connectivity index (χ4n) is 1.67. The Morgan fingerprint density at radius 1 is 1.57 bits per heavy atom. The van der Waals surface area contributed by atoms with E-state index in [1.165, 1.54) is 11.3 Å². The van der Waals surface area contributed by atoms with E-state index in [9.17, 15) is 4.79 Å². The molecule has 0 spiro atoms. The lowest BCUT2D eigenvalue weighted by Crippen LogP contribution is -2.21. The number of nitrogens with one attached hydrogen (secondary N) is 1. The summed E-state index contributed by atoms with van der Waals surface area (Å²) in [6.45, 7) is 3.07. The van der Waals surface area contributed by atoms with Crippen molar-refractivity contribution in [2.24, 2.45) is 5.73 Å². The van der Waals surface area contributed by atoms with E-state index in [-0.39, 0.29) is 0 Å². The van der Waals surface area contributed by atoms with Gasteiger partial charge in [0.2, 0.25) is 0 Å². The second-order valence-corrected chi connectivity index (χ2v) is 5.34. The van der Waals surface area contributed by atoms with Gasteiger partial charge in [-0.1, -0.05) is 12.1 Å². The van der Waals surface area contributed by atoms with Crippen LogP contribution in [0, 0.1) is 6.92 Å². The van der Waals surface area contributed by atoms with Gasteiger partial charge in [0.1, 0.15) is 18.4 Å². The third-order valence-corrected chi connectivity index (χ3v) is 3.56. The minimum Gasteiger partial charge on any atom is -0.492 e. The summed E-state index contributed by atoms with van der Waals surface area (Å²) < 4.78 is 5.60. The number of ether oxygens (including phenoxy) is 1. The van der Waals surface area contributed by atoms with Gasteiger partial charge in [-0.3, -0.25) is 4.79 Å². The maximum Gasteiger partial charge on any atom is 0.326 e. The van der Waals surface area contributed by atoms with Crippen LogP contribution in [0.25, 0.3) is 0 Å². The molecule has 1 atom stereocenters. The third kappa shape index (κ3) is 4.44. The van der Waals surface area contributed by atoms with Crippen LogP contribution in [-0.4, -0.2) is 29.2 Å². The molecule has 0 aliphatic rings. The maximum absolute atomic E-state index is 10.8. The average Bonchev–Trinajstić information content (AvgIpc) is 2.91. The standard InChI is InChI=1S/C14H17N3O3S/c1-9-3-2-4-10(7-9)20-6-5-16-14-17-11(8-21-14)12(15)13(18)19/h2-4,7-8,12H,5-6,15H2,1H3,(H,16,17)(H,18,19). The number of nitrogens with two attached hydrogens (primary N) is 1. The van der Waals surface area contributed by atoms with Crippen molar-refractivity contribution in [1.29, 1.82) is 0 Å². The van der Waals surface area contributed by atoms with Crippen molar-refractivity contribution in [3.8, 4) is 5.75 Å². The van der Waals surface area contributed by atoms with Gasteiger partial charge in [-0.2, -0.15) is 0 Å². The number of nitrogens with zero attached hydrogens (tertiary/aromatic N) is 1. The molecule has 0 fully saturated rings. The van der Waals surface area contributed by atoms with Crippen molar-refractivity contribution < 1.29 is 14.6 Å². The summed E-state index contributed by atoms with van der Waals surface area (Å²) in [4.78, 5) is 14.9. The zero-order chi connectivity index (χ0) is 15.2. The van der Waals surface area contributed by atoms with Crippen molar-refractivity contribution in [1.82, 2.24) is 4.98 Å². The Hall–Kier alpha value is -2.12. The van der Waals surface area contributed by atoms with Gasteiger partial charge in [0.05, 0.1) is 12.2 Å². The van der Waals surface area contributed by atoms with Crippen LogP contribution in [0.5, 0.6) is 5.75 Å². The van der Waals surface area contributed by atoms with E-state index in [1.54, 1.807) is 5.38 Å². The smallest absolute Gasteiger partial charge is 0.326 e. The number of aryl methyl sites for hydroxylation is 1. The highest BCUT2D eigenvalue weighted by Gasteiger charge is 2.17. The fourth-order valence-corrected chi connectivity index (χ4v) is 2.44. The fraction of sp³-hybridized carbons (Fsp3) is 0.286. The molecule has 1 aromatic carbocycles. The molecule has 4 N–H and O–H groups in total. The van der Waals surface area contributed by atoms with Gasteiger partial charge in [0.15, 0.2) is 5.13 Å². The van der Waals surface area contributed by atoms with E-state index in [4.69, 9.17) is 15.6 Å². The predicted molar refractivity (Wildman–Crippen MR) is 81.8 cm³/mol. The zero-order valence-corrected chi connectivity index (χ0v) is 12.4. The molecule has 1 heterocycles. The Bertz CT molecular complexity index is 615. The summed E-state index contributed by atoms with van der Waals surface area (Å²) >= 11 is 1.32. The zero-order valence-electron chi connectivity index (χ0n) is 11.6. The maximum atomic E-state index is 10.8. The summed E-state index contributed by atoms with van der Waals surface area (Å²) in [6.07, 6.45) is 0. The molecule has 0 radical (unpaired) electrons. The van der Waals surface area contributed by atoms with Crippen molar-refractivity contribution in [2.45, 2.75) is 13.0 Å². The van der Waals surface area contributed by atoms with Crippen LogP contribution in [0.2, 0.25) is 0 Å². The quantitative estimate of drug-likeness (QED) is 0.677. The first-order chi connectivity index (χ1) is 10.1. The van der Waals surface area contributed by atoms with Gasteiger partial charge in [0, 0.05) is 5.38 Å². The minimum absolute atomic E-state index is 0.356. The molecule has 0 amide bonds. The van der Waals surface area contributed by atoms with Crippen LogP contribution < -0.4 is 15.8 Å². The second kappa shape index (κ2) is 7.05. The van der Waals surface area contributed by atoms with Gasteiger partial charge >= 0.3 is 5.97 Å². The first-order valence-corrected chi connectivity index (χ1v) is 7.31. The predicted octanol–water partition coefficient (Wildman–Crippen LogP) is 2.03. The molecule has 6 nitrogen and oxygen atoms in total. The number of hydrogen-bond acceptors (Lipinski definition) is 6. The van der Waals surface area contributed by atoms with E-state index in [0.717, 1.165) is 11.3 Å². The lowest BCUT2D eigenvalue weighted by atomic mass is 10.2. The Morgan fingerprint density at radius 3 is 3.10 bits per heavy atom. The molecule has 0 aliphatic carbocycles. The van der Waals surface area contributed by atoms with Crippen LogP contribution in [0.15, 0.2) is 29.6 Å². The summed E-state index contributed by atoms with van der Waals surface area (Å²) in [5, 5.41) is 14.2. The Balaban J connectivity index is 1.77. The van der Waals surface area contributed by atoms with Crippen molar-refractivity contribution in [3.05, 3.63) is 40.9 Å². The molecular weight excluding hydrogens is 290 g/mol. The summed E-state index contributed by atoms with van der Waals surface area (Å²) in [6, 6.07) is 6.74. The molecule has 1 unspecified atom stereocenters. The van der Waals surface area contributed by atoms with Crippen molar-refractivity contribution in [2.75, 3.05) is 18.5 Å². The summed E-state index contributed by atoms with van der Waals surface area (Å²) in [5.74, 6) is -0.265. The largest absolute Gasteiger partial charge is 0.492 e. The Morgan fingerprint density at radius 2 is 2.38 bits per heavy atom. The SMILES string of the molecule is Cc1cccc(OCCNc2nc(C(N)C(=O)O)cs2)c1. The third-order valence-electron chi connectivity index (χ3n) is 2.74. The lowest BCUT2D eigenvalue weighted by molar-refractivity contribution is -0.138. The van der Waals surface area contributed by atoms with E-state index < -0.39 is 12.0 Å². The van der Waals surface area contributed by atoms with E-state index in [0.29, 0.717) is 24.0 Å². The monoisotopic (exact) mass is 307 g/mol. The number of aromatic nitrogens is 1. The number of aliphatic carboxylic acids is 1. The molecule has 0 aliphatic heterocycles.